The summed E-state index contributed by atoms with van der Waals surface area (Å²) in [4.78, 5) is 28.6. The standard InChI is InChI=1S/C19H28N4O2/c1-4-5-11-20-18(24)13-23-16-9-7-6-8-15(16)22-17(23)10-12-21-19(25)14(2)3/h6-9,14H,4-5,10-13H2,1-3H3,(H,20,24)(H,21,25). The highest BCUT2D eigenvalue weighted by atomic mass is 16.2. The van der Waals surface area contributed by atoms with E-state index in [0.29, 0.717) is 19.5 Å². The molecule has 0 aliphatic carbocycles. The van der Waals surface area contributed by atoms with Crippen LogP contribution in [0.15, 0.2) is 24.3 Å². The van der Waals surface area contributed by atoms with E-state index in [9.17, 15) is 9.59 Å². The summed E-state index contributed by atoms with van der Waals surface area (Å²) in [5.74, 6) is 0.795. The Balaban J connectivity index is 2.10. The summed E-state index contributed by atoms with van der Waals surface area (Å²) in [6.45, 7) is 7.28. The number of imidazole rings is 1. The predicted octanol–water partition coefficient (Wildman–Crippen LogP) is 2.27. The van der Waals surface area contributed by atoms with Crippen LogP contribution in [0.2, 0.25) is 0 Å². The Labute approximate surface area is 149 Å². The van der Waals surface area contributed by atoms with Crippen LogP contribution in [-0.4, -0.2) is 34.5 Å². The smallest absolute Gasteiger partial charge is 0.240 e. The maximum absolute atomic E-state index is 12.2. The minimum absolute atomic E-state index is 0.0101. The molecule has 1 aromatic carbocycles. The minimum Gasteiger partial charge on any atom is -0.355 e. The van der Waals surface area contributed by atoms with Crippen LogP contribution in [0.4, 0.5) is 0 Å². The van der Waals surface area contributed by atoms with Gasteiger partial charge in [0.05, 0.1) is 11.0 Å². The van der Waals surface area contributed by atoms with E-state index in [1.165, 1.54) is 0 Å². The molecule has 0 aliphatic rings. The average Bonchev–Trinajstić information content (AvgIpc) is 2.92. The van der Waals surface area contributed by atoms with E-state index in [1.807, 2.05) is 42.7 Å². The second-order valence-electron chi connectivity index (χ2n) is 6.50. The molecule has 6 heteroatoms. The molecule has 0 saturated heterocycles. The van der Waals surface area contributed by atoms with Gasteiger partial charge in [-0.3, -0.25) is 9.59 Å². The molecular weight excluding hydrogens is 316 g/mol. The van der Waals surface area contributed by atoms with Crippen molar-refractivity contribution in [2.75, 3.05) is 13.1 Å². The third kappa shape index (κ3) is 5.31. The second-order valence-corrected chi connectivity index (χ2v) is 6.50. The van der Waals surface area contributed by atoms with E-state index < -0.39 is 0 Å². The number of aromatic nitrogens is 2. The number of hydrogen-bond acceptors (Lipinski definition) is 3. The summed E-state index contributed by atoms with van der Waals surface area (Å²) in [6.07, 6.45) is 2.62. The fourth-order valence-electron chi connectivity index (χ4n) is 2.60. The van der Waals surface area contributed by atoms with Crippen molar-refractivity contribution in [2.45, 2.75) is 46.6 Å². The molecule has 0 saturated carbocycles. The summed E-state index contributed by atoms with van der Waals surface area (Å²) in [6, 6.07) is 7.79. The van der Waals surface area contributed by atoms with Gasteiger partial charge in [0.15, 0.2) is 0 Å². The van der Waals surface area contributed by atoms with Gasteiger partial charge in [0.25, 0.3) is 0 Å². The average molecular weight is 344 g/mol. The Morgan fingerprint density at radius 1 is 1.16 bits per heavy atom. The van der Waals surface area contributed by atoms with Crippen LogP contribution in [0.25, 0.3) is 11.0 Å². The summed E-state index contributed by atoms with van der Waals surface area (Å²) in [5.41, 5.74) is 1.81. The van der Waals surface area contributed by atoms with Crippen LogP contribution in [0.1, 0.15) is 39.4 Å². The maximum Gasteiger partial charge on any atom is 0.240 e. The Morgan fingerprint density at radius 3 is 2.64 bits per heavy atom. The summed E-state index contributed by atoms with van der Waals surface area (Å²) < 4.78 is 1.94. The molecule has 2 rings (SSSR count). The highest BCUT2D eigenvalue weighted by molar-refractivity contribution is 5.81. The van der Waals surface area contributed by atoms with Crippen molar-refractivity contribution in [2.24, 2.45) is 5.92 Å². The molecular formula is C19H28N4O2. The van der Waals surface area contributed by atoms with Crippen molar-refractivity contribution in [1.82, 2.24) is 20.2 Å². The normalized spacial score (nSPS) is 11.0. The summed E-state index contributed by atoms with van der Waals surface area (Å²) in [7, 11) is 0. The Bertz CT molecular complexity index is 721. The number of nitrogens with one attached hydrogen (secondary N) is 2. The fourth-order valence-corrected chi connectivity index (χ4v) is 2.60. The van der Waals surface area contributed by atoms with E-state index in [2.05, 4.69) is 22.5 Å². The molecule has 1 aromatic heterocycles. The molecule has 0 bridgehead atoms. The zero-order valence-corrected chi connectivity index (χ0v) is 15.3. The number of carbonyl (C=O) groups is 2. The second kappa shape index (κ2) is 9.20. The van der Waals surface area contributed by atoms with Crippen molar-refractivity contribution in [3.63, 3.8) is 0 Å². The number of amides is 2. The Morgan fingerprint density at radius 2 is 1.92 bits per heavy atom. The van der Waals surface area contributed by atoms with Crippen molar-refractivity contribution >= 4 is 22.8 Å². The van der Waals surface area contributed by atoms with Gasteiger partial charge in [-0.15, -0.1) is 0 Å². The first-order chi connectivity index (χ1) is 12.0. The zero-order valence-electron chi connectivity index (χ0n) is 15.3. The van der Waals surface area contributed by atoms with Gasteiger partial charge in [0.1, 0.15) is 12.4 Å². The van der Waals surface area contributed by atoms with Gasteiger partial charge in [-0.05, 0) is 18.6 Å². The number of nitrogens with zero attached hydrogens (tertiary/aromatic N) is 2. The number of rotatable bonds is 9. The molecule has 136 valence electrons. The van der Waals surface area contributed by atoms with E-state index in [-0.39, 0.29) is 24.3 Å². The van der Waals surface area contributed by atoms with Crippen LogP contribution in [0, 0.1) is 5.92 Å². The lowest BCUT2D eigenvalue weighted by Gasteiger charge is -2.11. The molecule has 2 aromatic rings. The van der Waals surface area contributed by atoms with Gasteiger partial charge in [-0.1, -0.05) is 39.3 Å². The van der Waals surface area contributed by atoms with Crippen LogP contribution in [0.5, 0.6) is 0 Å². The van der Waals surface area contributed by atoms with E-state index in [0.717, 1.165) is 29.7 Å². The van der Waals surface area contributed by atoms with E-state index in [4.69, 9.17) is 0 Å². The molecule has 2 amide bonds. The monoisotopic (exact) mass is 344 g/mol. The van der Waals surface area contributed by atoms with Crippen LogP contribution >= 0.6 is 0 Å². The minimum atomic E-state index is -0.0387. The summed E-state index contributed by atoms with van der Waals surface area (Å²) in [5, 5.41) is 5.85. The van der Waals surface area contributed by atoms with Crippen LogP contribution in [0.3, 0.4) is 0 Å². The van der Waals surface area contributed by atoms with Crippen LogP contribution < -0.4 is 10.6 Å². The van der Waals surface area contributed by atoms with Gasteiger partial charge < -0.3 is 15.2 Å². The molecule has 25 heavy (non-hydrogen) atoms. The maximum atomic E-state index is 12.2. The van der Waals surface area contributed by atoms with Gasteiger partial charge in [-0.25, -0.2) is 4.98 Å². The molecule has 0 radical (unpaired) electrons. The first-order valence-electron chi connectivity index (χ1n) is 9.01. The molecule has 0 aliphatic heterocycles. The molecule has 1 heterocycles. The van der Waals surface area contributed by atoms with Gasteiger partial charge in [0, 0.05) is 25.4 Å². The van der Waals surface area contributed by atoms with E-state index >= 15 is 0 Å². The van der Waals surface area contributed by atoms with Crippen molar-refractivity contribution in [1.29, 1.82) is 0 Å². The SMILES string of the molecule is CCCCNC(=O)Cn1c(CCNC(=O)C(C)C)nc2ccccc21. The quantitative estimate of drug-likeness (QED) is 0.685. The number of hydrogen-bond donors (Lipinski definition) is 2. The van der Waals surface area contributed by atoms with Crippen molar-refractivity contribution in [3.05, 3.63) is 30.1 Å². The van der Waals surface area contributed by atoms with Gasteiger partial charge in [-0.2, -0.15) is 0 Å². The number of carbonyl (C=O) groups excluding carboxylic acids is 2. The topological polar surface area (TPSA) is 76.0 Å². The predicted molar refractivity (Wildman–Crippen MR) is 99.2 cm³/mol. The van der Waals surface area contributed by atoms with Gasteiger partial charge >= 0.3 is 0 Å². The lowest BCUT2D eigenvalue weighted by molar-refractivity contribution is -0.124. The highest BCUT2D eigenvalue weighted by Gasteiger charge is 2.14. The molecule has 0 atom stereocenters. The third-order valence-corrected chi connectivity index (χ3v) is 4.06. The number of para-hydroxylation sites is 2. The Hall–Kier alpha value is -2.37. The first kappa shape index (κ1) is 19.0. The zero-order chi connectivity index (χ0) is 18.2. The molecule has 0 fully saturated rings. The number of benzene rings is 1. The fraction of sp³-hybridized carbons (Fsp3) is 0.526. The third-order valence-electron chi connectivity index (χ3n) is 4.06. The molecule has 0 unspecified atom stereocenters. The lowest BCUT2D eigenvalue weighted by atomic mass is 10.2. The van der Waals surface area contributed by atoms with E-state index in [1.54, 1.807) is 0 Å². The summed E-state index contributed by atoms with van der Waals surface area (Å²) >= 11 is 0. The number of fused-ring (bicyclic) bond motifs is 1. The first-order valence-corrected chi connectivity index (χ1v) is 9.01. The Kier molecular flexibility index (Phi) is 6.98. The number of unbranched alkanes of at least 4 members (excludes halogenated alkanes) is 1. The van der Waals surface area contributed by atoms with Gasteiger partial charge in [0.2, 0.25) is 11.8 Å². The molecule has 2 N–H and O–H groups in total. The van der Waals surface area contributed by atoms with Crippen molar-refractivity contribution < 1.29 is 9.59 Å². The highest BCUT2D eigenvalue weighted by Crippen LogP contribution is 2.16. The van der Waals surface area contributed by atoms with Crippen LogP contribution in [-0.2, 0) is 22.6 Å². The molecule has 0 spiro atoms. The largest absolute Gasteiger partial charge is 0.355 e. The lowest BCUT2D eigenvalue weighted by Crippen LogP contribution is -2.31. The van der Waals surface area contributed by atoms with Crippen molar-refractivity contribution in [3.8, 4) is 0 Å². The molecule has 6 nitrogen and oxygen atoms in total.